The Kier molecular flexibility index (Phi) is 4.34. The van der Waals surface area contributed by atoms with Crippen molar-refractivity contribution in [2.24, 2.45) is 0 Å². The summed E-state index contributed by atoms with van der Waals surface area (Å²) >= 11 is 5.96. The average molecular weight is 328 g/mol. The number of hydrogen-bond acceptors (Lipinski definition) is 4. The maximum absolute atomic E-state index is 12.3. The highest BCUT2D eigenvalue weighted by Crippen LogP contribution is 2.20. The van der Waals surface area contributed by atoms with Gasteiger partial charge in [-0.3, -0.25) is 4.79 Å². The van der Waals surface area contributed by atoms with Crippen LogP contribution in [0, 0.1) is 6.92 Å². The minimum Gasteiger partial charge on any atom is -0.324 e. The van der Waals surface area contributed by atoms with Gasteiger partial charge in [-0.25, -0.2) is 4.68 Å². The molecule has 2 aromatic carbocycles. The molecule has 0 saturated carbocycles. The summed E-state index contributed by atoms with van der Waals surface area (Å²) in [5.41, 5.74) is 2.46. The Labute approximate surface area is 138 Å². The van der Waals surface area contributed by atoms with Crippen LogP contribution in [0.1, 0.15) is 5.56 Å². The average Bonchev–Trinajstić information content (AvgIpc) is 3.00. The molecule has 1 aromatic heterocycles. The number of tetrazole rings is 1. The van der Waals surface area contributed by atoms with Crippen LogP contribution in [-0.2, 0) is 11.3 Å². The van der Waals surface area contributed by atoms with Gasteiger partial charge in [0.05, 0.1) is 0 Å². The Morgan fingerprint density at radius 2 is 2.00 bits per heavy atom. The fourth-order valence-corrected chi connectivity index (χ4v) is 2.33. The summed E-state index contributed by atoms with van der Waals surface area (Å²) in [6, 6.07) is 14.8. The zero-order valence-electron chi connectivity index (χ0n) is 12.4. The molecule has 7 heteroatoms. The van der Waals surface area contributed by atoms with Gasteiger partial charge in [-0.05, 0) is 35.0 Å². The van der Waals surface area contributed by atoms with Crippen LogP contribution in [-0.4, -0.2) is 26.1 Å². The molecule has 3 rings (SSSR count). The molecule has 0 radical (unpaired) electrons. The van der Waals surface area contributed by atoms with Gasteiger partial charge in [0.1, 0.15) is 6.54 Å². The second-order valence-corrected chi connectivity index (χ2v) is 5.47. The second kappa shape index (κ2) is 6.58. The Morgan fingerprint density at radius 3 is 2.78 bits per heavy atom. The third-order valence-corrected chi connectivity index (χ3v) is 3.57. The first kappa shape index (κ1) is 15.2. The SMILES string of the molecule is Cc1ccc(Cl)cc1NC(=O)Cn1nnnc1-c1ccccc1. The Hall–Kier alpha value is -2.73. The number of anilines is 1. The lowest BCUT2D eigenvalue weighted by Gasteiger charge is -2.09. The van der Waals surface area contributed by atoms with E-state index in [1.807, 2.05) is 43.3 Å². The fraction of sp³-hybridized carbons (Fsp3) is 0.125. The normalized spacial score (nSPS) is 10.5. The van der Waals surface area contributed by atoms with E-state index in [1.54, 1.807) is 12.1 Å². The molecule has 23 heavy (non-hydrogen) atoms. The fourth-order valence-electron chi connectivity index (χ4n) is 2.16. The largest absolute Gasteiger partial charge is 0.324 e. The monoisotopic (exact) mass is 327 g/mol. The number of aromatic nitrogens is 4. The smallest absolute Gasteiger partial charge is 0.246 e. The summed E-state index contributed by atoms with van der Waals surface area (Å²) < 4.78 is 1.46. The molecular weight excluding hydrogens is 314 g/mol. The molecule has 116 valence electrons. The number of hydrogen-bond donors (Lipinski definition) is 1. The van der Waals surface area contributed by atoms with E-state index >= 15 is 0 Å². The quantitative estimate of drug-likeness (QED) is 0.799. The van der Waals surface area contributed by atoms with Crippen molar-refractivity contribution < 1.29 is 4.79 Å². The molecule has 1 N–H and O–H groups in total. The highest BCUT2D eigenvalue weighted by atomic mass is 35.5. The predicted octanol–water partition coefficient (Wildman–Crippen LogP) is 2.94. The van der Waals surface area contributed by atoms with Crippen molar-refractivity contribution in [3.63, 3.8) is 0 Å². The zero-order chi connectivity index (χ0) is 16.2. The van der Waals surface area contributed by atoms with E-state index in [9.17, 15) is 4.79 Å². The van der Waals surface area contributed by atoms with Gasteiger partial charge in [0.2, 0.25) is 5.91 Å². The maximum Gasteiger partial charge on any atom is 0.246 e. The maximum atomic E-state index is 12.3. The lowest BCUT2D eigenvalue weighted by Crippen LogP contribution is -2.20. The summed E-state index contributed by atoms with van der Waals surface area (Å²) in [4.78, 5) is 12.3. The van der Waals surface area contributed by atoms with Crippen LogP contribution in [0.4, 0.5) is 5.69 Å². The van der Waals surface area contributed by atoms with Gasteiger partial charge < -0.3 is 5.32 Å². The molecule has 0 bridgehead atoms. The van der Waals surface area contributed by atoms with Crippen molar-refractivity contribution in [1.29, 1.82) is 0 Å². The van der Waals surface area contributed by atoms with Gasteiger partial charge in [-0.15, -0.1) is 5.10 Å². The molecule has 0 aliphatic rings. The summed E-state index contributed by atoms with van der Waals surface area (Å²) in [5, 5.41) is 14.9. The van der Waals surface area contributed by atoms with E-state index in [0.717, 1.165) is 11.1 Å². The number of carbonyl (C=O) groups is 1. The van der Waals surface area contributed by atoms with Crippen molar-refractivity contribution in [3.05, 3.63) is 59.1 Å². The summed E-state index contributed by atoms with van der Waals surface area (Å²) in [7, 11) is 0. The van der Waals surface area contributed by atoms with Gasteiger partial charge >= 0.3 is 0 Å². The van der Waals surface area contributed by atoms with E-state index in [0.29, 0.717) is 16.5 Å². The molecule has 6 nitrogen and oxygen atoms in total. The zero-order valence-corrected chi connectivity index (χ0v) is 13.2. The van der Waals surface area contributed by atoms with Gasteiger partial charge in [-0.2, -0.15) is 0 Å². The van der Waals surface area contributed by atoms with Crippen molar-refractivity contribution in [2.75, 3.05) is 5.32 Å². The number of amides is 1. The third kappa shape index (κ3) is 3.54. The molecular formula is C16H14ClN5O. The van der Waals surface area contributed by atoms with Crippen LogP contribution >= 0.6 is 11.6 Å². The highest BCUT2D eigenvalue weighted by molar-refractivity contribution is 6.31. The van der Waals surface area contributed by atoms with Gasteiger partial charge in [0, 0.05) is 16.3 Å². The molecule has 0 atom stereocenters. The molecule has 0 unspecified atom stereocenters. The van der Waals surface area contributed by atoms with Crippen molar-refractivity contribution in [2.45, 2.75) is 13.5 Å². The van der Waals surface area contributed by atoms with Crippen LogP contribution in [0.2, 0.25) is 5.02 Å². The number of rotatable bonds is 4. The van der Waals surface area contributed by atoms with Crippen molar-refractivity contribution >= 4 is 23.2 Å². The number of nitrogens with one attached hydrogen (secondary N) is 1. The van der Waals surface area contributed by atoms with Gasteiger partial charge in [0.25, 0.3) is 0 Å². The summed E-state index contributed by atoms with van der Waals surface area (Å²) in [5.74, 6) is 0.323. The molecule has 0 fully saturated rings. The van der Waals surface area contributed by atoms with E-state index < -0.39 is 0 Å². The van der Waals surface area contributed by atoms with Gasteiger partial charge in [-0.1, -0.05) is 48.0 Å². The van der Waals surface area contributed by atoms with Crippen molar-refractivity contribution in [1.82, 2.24) is 20.2 Å². The first-order valence-corrected chi connectivity index (χ1v) is 7.39. The summed E-state index contributed by atoms with van der Waals surface area (Å²) in [6.45, 7) is 1.92. The molecule has 1 heterocycles. The molecule has 0 aliphatic carbocycles. The van der Waals surface area contributed by atoms with Crippen LogP contribution in [0.3, 0.4) is 0 Å². The Balaban J connectivity index is 1.77. The molecule has 3 aromatic rings. The topological polar surface area (TPSA) is 72.7 Å². The lowest BCUT2D eigenvalue weighted by atomic mass is 10.2. The second-order valence-electron chi connectivity index (χ2n) is 5.03. The first-order valence-electron chi connectivity index (χ1n) is 7.01. The highest BCUT2D eigenvalue weighted by Gasteiger charge is 2.13. The molecule has 0 saturated heterocycles. The van der Waals surface area contributed by atoms with Crippen LogP contribution in [0.5, 0.6) is 0 Å². The molecule has 1 amide bonds. The minimum absolute atomic E-state index is 0.0170. The van der Waals surface area contributed by atoms with E-state index in [-0.39, 0.29) is 12.5 Å². The van der Waals surface area contributed by atoms with Crippen LogP contribution in [0.15, 0.2) is 48.5 Å². The van der Waals surface area contributed by atoms with E-state index in [1.165, 1.54) is 4.68 Å². The number of halogens is 1. The number of carbonyl (C=O) groups excluding carboxylic acids is 1. The third-order valence-electron chi connectivity index (χ3n) is 3.33. The van der Waals surface area contributed by atoms with Crippen LogP contribution in [0.25, 0.3) is 11.4 Å². The van der Waals surface area contributed by atoms with Gasteiger partial charge in [0.15, 0.2) is 5.82 Å². The minimum atomic E-state index is -0.222. The lowest BCUT2D eigenvalue weighted by molar-refractivity contribution is -0.116. The Morgan fingerprint density at radius 1 is 1.22 bits per heavy atom. The van der Waals surface area contributed by atoms with Crippen molar-refractivity contribution in [3.8, 4) is 11.4 Å². The number of nitrogens with zero attached hydrogens (tertiary/aromatic N) is 4. The van der Waals surface area contributed by atoms with E-state index in [2.05, 4.69) is 20.8 Å². The number of benzene rings is 2. The molecule has 0 spiro atoms. The predicted molar refractivity (Wildman–Crippen MR) is 88.1 cm³/mol. The standard InChI is InChI=1S/C16H14ClN5O/c1-11-7-8-13(17)9-14(11)18-15(23)10-22-16(19-20-21-22)12-5-3-2-4-6-12/h2-9H,10H2,1H3,(H,18,23). The number of aryl methyl sites for hydroxylation is 1. The summed E-state index contributed by atoms with van der Waals surface area (Å²) in [6.07, 6.45) is 0. The molecule has 0 aliphatic heterocycles. The van der Waals surface area contributed by atoms with Crippen LogP contribution < -0.4 is 5.32 Å². The van der Waals surface area contributed by atoms with E-state index in [4.69, 9.17) is 11.6 Å². The Bertz CT molecular complexity index is 831. The first-order chi connectivity index (χ1) is 11.1.